The second-order valence-electron chi connectivity index (χ2n) is 14.8. The molecule has 0 fully saturated rings. The van der Waals surface area contributed by atoms with E-state index in [0.717, 1.165) is 50.0 Å². The SMILES string of the molecule is c1ccc(-c2cc(-c3cccc4c3oc3ccccc34)nc(-c3ccc4c(c3)C3(c5ccccc5-c5ccccc5-c5ccccc53)c3ccccc3-4)n2)cc1. The molecule has 0 N–H and O–H groups in total. The lowest BCUT2D eigenvalue weighted by atomic mass is 9.66. The van der Waals surface area contributed by atoms with Gasteiger partial charge in [0.25, 0.3) is 0 Å². The molecule has 1 spiro atoms. The van der Waals surface area contributed by atoms with Gasteiger partial charge in [0.15, 0.2) is 5.82 Å². The number of aromatic nitrogens is 2. The zero-order chi connectivity index (χ0) is 36.8. The normalized spacial score (nSPS) is 13.1. The number of rotatable bonds is 3. The summed E-state index contributed by atoms with van der Waals surface area (Å²) in [7, 11) is 0. The van der Waals surface area contributed by atoms with E-state index >= 15 is 0 Å². The molecule has 56 heavy (non-hydrogen) atoms. The van der Waals surface area contributed by atoms with E-state index < -0.39 is 5.41 Å². The minimum atomic E-state index is -0.589. The van der Waals surface area contributed by atoms with Gasteiger partial charge in [-0.05, 0) is 79.9 Å². The van der Waals surface area contributed by atoms with Crippen molar-refractivity contribution in [2.75, 3.05) is 0 Å². The highest BCUT2D eigenvalue weighted by Crippen LogP contribution is 2.61. The molecule has 2 aliphatic rings. The van der Waals surface area contributed by atoms with Crippen molar-refractivity contribution < 1.29 is 4.42 Å². The van der Waals surface area contributed by atoms with Crippen LogP contribution in [0.2, 0.25) is 0 Å². The van der Waals surface area contributed by atoms with Crippen LogP contribution in [0, 0.1) is 0 Å². The average molecular weight is 713 g/mol. The van der Waals surface area contributed by atoms with E-state index in [1.807, 2.05) is 18.2 Å². The molecule has 0 saturated carbocycles. The molecule has 10 aromatic rings. The summed E-state index contributed by atoms with van der Waals surface area (Å²) in [6.45, 7) is 0. The van der Waals surface area contributed by atoms with Crippen molar-refractivity contribution in [1.82, 2.24) is 9.97 Å². The summed E-state index contributed by atoms with van der Waals surface area (Å²) in [6, 6.07) is 69.7. The Labute approximate surface area is 324 Å². The number of para-hydroxylation sites is 2. The molecule has 0 bridgehead atoms. The number of benzene rings is 8. The van der Waals surface area contributed by atoms with Crippen LogP contribution in [-0.2, 0) is 5.41 Å². The molecule has 0 saturated heterocycles. The Morgan fingerprint density at radius 2 is 0.857 bits per heavy atom. The maximum Gasteiger partial charge on any atom is 0.160 e. The Balaban J connectivity index is 1.15. The molecule has 3 heteroatoms. The second kappa shape index (κ2) is 11.8. The first-order valence-corrected chi connectivity index (χ1v) is 19.2. The molecule has 2 heterocycles. The van der Waals surface area contributed by atoms with Crippen molar-refractivity contribution in [1.29, 1.82) is 0 Å². The Hall–Kier alpha value is -7.36. The van der Waals surface area contributed by atoms with Crippen LogP contribution in [0.25, 0.3) is 89.2 Å². The fourth-order valence-corrected chi connectivity index (χ4v) is 9.61. The number of furan rings is 1. The van der Waals surface area contributed by atoms with E-state index in [1.54, 1.807) is 0 Å². The van der Waals surface area contributed by atoms with Gasteiger partial charge in [-0.1, -0.05) is 170 Å². The Bertz CT molecular complexity index is 3140. The lowest BCUT2D eigenvalue weighted by Crippen LogP contribution is -2.29. The van der Waals surface area contributed by atoms with Crippen molar-refractivity contribution in [3.63, 3.8) is 0 Å². The first-order chi connectivity index (χ1) is 27.8. The van der Waals surface area contributed by atoms with Crippen LogP contribution in [0.3, 0.4) is 0 Å². The van der Waals surface area contributed by atoms with Gasteiger partial charge in [0.2, 0.25) is 0 Å². The lowest BCUT2D eigenvalue weighted by molar-refractivity contribution is 0.670. The molecule has 0 radical (unpaired) electrons. The third-order valence-corrected chi connectivity index (χ3v) is 11.9. The van der Waals surface area contributed by atoms with Crippen LogP contribution < -0.4 is 0 Å². The molecule has 0 aliphatic heterocycles. The Kier molecular flexibility index (Phi) is 6.55. The zero-order valence-electron chi connectivity index (χ0n) is 30.3. The smallest absolute Gasteiger partial charge is 0.160 e. The first kappa shape index (κ1) is 31.0. The van der Waals surface area contributed by atoms with Gasteiger partial charge >= 0.3 is 0 Å². The highest BCUT2D eigenvalue weighted by atomic mass is 16.3. The van der Waals surface area contributed by atoms with Gasteiger partial charge in [0, 0.05) is 27.5 Å². The molecule has 3 nitrogen and oxygen atoms in total. The molecule has 0 unspecified atom stereocenters. The topological polar surface area (TPSA) is 38.9 Å². The molecule has 12 rings (SSSR count). The van der Waals surface area contributed by atoms with Crippen LogP contribution in [0.1, 0.15) is 22.3 Å². The van der Waals surface area contributed by atoms with Crippen molar-refractivity contribution >= 4 is 21.9 Å². The zero-order valence-corrected chi connectivity index (χ0v) is 30.3. The van der Waals surface area contributed by atoms with Crippen molar-refractivity contribution in [3.8, 4) is 67.3 Å². The number of fused-ring (bicyclic) bond motifs is 15. The lowest BCUT2D eigenvalue weighted by Gasteiger charge is -2.35. The Morgan fingerprint density at radius 1 is 0.339 bits per heavy atom. The fourth-order valence-electron chi connectivity index (χ4n) is 9.61. The summed E-state index contributed by atoms with van der Waals surface area (Å²) in [5, 5.41) is 2.17. The van der Waals surface area contributed by atoms with Crippen LogP contribution >= 0.6 is 0 Å². The molecule has 2 aromatic heterocycles. The predicted octanol–water partition coefficient (Wildman–Crippen LogP) is 13.4. The monoisotopic (exact) mass is 712 g/mol. The average Bonchev–Trinajstić information content (AvgIpc) is 3.77. The van der Waals surface area contributed by atoms with Gasteiger partial charge in [-0.15, -0.1) is 0 Å². The third-order valence-electron chi connectivity index (χ3n) is 11.9. The summed E-state index contributed by atoms with van der Waals surface area (Å²) in [4.78, 5) is 10.7. The minimum absolute atomic E-state index is 0.589. The van der Waals surface area contributed by atoms with Crippen molar-refractivity contribution in [3.05, 3.63) is 216 Å². The first-order valence-electron chi connectivity index (χ1n) is 19.2. The van der Waals surface area contributed by atoms with Crippen LogP contribution in [0.4, 0.5) is 0 Å². The molecule has 2 aliphatic carbocycles. The van der Waals surface area contributed by atoms with Gasteiger partial charge in [-0.25, -0.2) is 9.97 Å². The molecular formula is C53H32N2O. The quantitative estimate of drug-likeness (QED) is 0.183. The van der Waals surface area contributed by atoms with E-state index in [-0.39, 0.29) is 0 Å². The van der Waals surface area contributed by atoms with Crippen molar-refractivity contribution in [2.24, 2.45) is 0 Å². The molecular weight excluding hydrogens is 681 g/mol. The minimum Gasteiger partial charge on any atom is -0.455 e. The largest absolute Gasteiger partial charge is 0.455 e. The summed E-state index contributed by atoms with van der Waals surface area (Å²) in [5.74, 6) is 0.668. The highest BCUT2D eigenvalue weighted by molar-refractivity contribution is 6.09. The second-order valence-corrected chi connectivity index (χ2v) is 14.8. The standard InChI is InChI=1S/C53H32N2O/c1-2-15-33(16-3-1)48-32-49(43-24-14-23-42-41-22-9-13-28-50(41)56-51(42)43)55-52(54-48)34-29-30-40-39-21-8-12-27-46(39)53(47(40)31-34)44-25-10-6-19-37(44)35-17-4-5-18-36(35)38-20-7-11-26-45(38)53/h1-32H. The maximum absolute atomic E-state index is 6.55. The third kappa shape index (κ3) is 4.28. The van der Waals surface area contributed by atoms with Gasteiger partial charge in [0.05, 0.1) is 16.8 Å². The molecule has 8 aromatic carbocycles. The highest BCUT2D eigenvalue weighted by Gasteiger charge is 2.49. The molecule has 260 valence electrons. The maximum atomic E-state index is 6.55. The van der Waals surface area contributed by atoms with E-state index in [1.165, 1.54) is 55.6 Å². The number of nitrogens with zero attached hydrogens (tertiary/aromatic N) is 2. The number of hydrogen-bond donors (Lipinski definition) is 0. The van der Waals surface area contributed by atoms with Gasteiger partial charge in [0.1, 0.15) is 11.2 Å². The van der Waals surface area contributed by atoms with Gasteiger partial charge in [-0.2, -0.15) is 0 Å². The molecule has 0 atom stereocenters. The van der Waals surface area contributed by atoms with Crippen LogP contribution in [0.15, 0.2) is 199 Å². The number of hydrogen-bond acceptors (Lipinski definition) is 3. The van der Waals surface area contributed by atoms with Crippen molar-refractivity contribution in [2.45, 2.75) is 5.41 Å². The van der Waals surface area contributed by atoms with Crippen LogP contribution in [0.5, 0.6) is 0 Å². The van der Waals surface area contributed by atoms with E-state index in [0.29, 0.717) is 5.82 Å². The fraction of sp³-hybridized carbons (Fsp3) is 0.0189. The summed E-state index contributed by atoms with van der Waals surface area (Å²) < 4.78 is 6.55. The summed E-state index contributed by atoms with van der Waals surface area (Å²) in [5.41, 5.74) is 18.2. The van der Waals surface area contributed by atoms with Gasteiger partial charge < -0.3 is 4.42 Å². The molecule has 0 amide bonds. The Morgan fingerprint density at radius 3 is 1.55 bits per heavy atom. The van der Waals surface area contributed by atoms with E-state index in [4.69, 9.17) is 14.4 Å². The predicted molar refractivity (Wildman–Crippen MR) is 227 cm³/mol. The van der Waals surface area contributed by atoms with E-state index in [9.17, 15) is 0 Å². The van der Waals surface area contributed by atoms with Crippen LogP contribution in [-0.4, -0.2) is 9.97 Å². The van der Waals surface area contributed by atoms with E-state index in [2.05, 4.69) is 176 Å². The summed E-state index contributed by atoms with van der Waals surface area (Å²) in [6.07, 6.45) is 0. The van der Waals surface area contributed by atoms with Gasteiger partial charge in [-0.3, -0.25) is 0 Å². The summed E-state index contributed by atoms with van der Waals surface area (Å²) >= 11 is 0.